The van der Waals surface area contributed by atoms with Crippen LogP contribution < -0.4 is 10.2 Å². The van der Waals surface area contributed by atoms with E-state index in [0.717, 1.165) is 42.1 Å². The van der Waals surface area contributed by atoms with Crippen molar-refractivity contribution >= 4 is 29.4 Å². The highest BCUT2D eigenvalue weighted by atomic mass is 35.5. The van der Waals surface area contributed by atoms with E-state index in [1.54, 1.807) is 23.2 Å². The molecule has 1 N–H and O–H groups in total. The number of imidazole rings is 1. The number of carbonyl (C=O) groups is 2. The monoisotopic (exact) mass is 557 g/mol. The van der Waals surface area contributed by atoms with Crippen molar-refractivity contribution in [3.05, 3.63) is 105 Å². The SMILES string of the molecule is Cc1cc(CN2Cc3ccc(-c4ncc(N5CCC(=O)NC5=O)n4C)cc3C2)ccc1Cc1c(F)cccc1Cl. The topological polar surface area (TPSA) is 70.5 Å². The van der Waals surface area contributed by atoms with Crippen molar-refractivity contribution in [3.8, 4) is 11.4 Å². The molecule has 3 amide bonds. The van der Waals surface area contributed by atoms with Gasteiger partial charge in [-0.2, -0.15) is 0 Å². The zero-order valence-corrected chi connectivity index (χ0v) is 23.1. The second-order valence-electron chi connectivity index (χ2n) is 10.5. The number of carbonyl (C=O) groups excluding carboxylic acids is 2. The zero-order chi connectivity index (χ0) is 28.0. The van der Waals surface area contributed by atoms with Crippen LogP contribution in [0.5, 0.6) is 0 Å². The fourth-order valence-corrected chi connectivity index (χ4v) is 5.85. The quantitative estimate of drug-likeness (QED) is 0.328. The number of hydrogen-bond donors (Lipinski definition) is 1. The van der Waals surface area contributed by atoms with Crippen molar-refractivity contribution in [3.63, 3.8) is 0 Å². The molecule has 3 aromatic carbocycles. The summed E-state index contributed by atoms with van der Waals surface area (Å²) in [6.45, 7) is 4.88. The van der Waals surface area contributed by atoms with Gasteiger partial charge in [0, 0.05) is 62.2 Å². The molecule has 1 fully saturated rings. The Kier molecular flexibility index (Phi) is 6.90. The van der Waals surface area contributed by atoms with Crippen molar-refractivity contribution in [2.45, 2.75) is 39.4 Å². The second kappa shape index (κ2) is 10.5. The lowest BCUT2D eigenvalue weighted by Crippen LogP contribution is -2.50. The van der Waals surface area contributed by atoms with Gasteiger partial charge in [0.1, 0.15) is 17.5 Å². The predicted octanol–water partition coefficient (Wildman–Crippen LogP) is 5.74. The third kappa shape index (κ3) is 5.00. The van der Waals surface area contributed by atoms with E-state index in [1.165, 1.54) is 22.8 Å². The smallest absolute Gasteiger partial charge is 0.314 e. The number of anilines is 1. The Bertz CT molecular complexity index is 1630. The molecule has 2 aliphatic heterocycles. The highest BCUT2D eigenvalue weighted by Gasteiger charge is 2.28. The predicted molar refractivity (Wildman–Crippen MR) is 152 cm³/mol. The number of imide groups is 1. The Morgan fingerprint density at radius 1 is 1.05 bits per heavy atom. The van der Waals surface area contributed by atoms with Crippen LogP contribution in [0.4, 0.5) is 15.0 Å². The Morgan fingerprint density at radius 2 is 1.88 bits per heavy atom. The van der Waals surface area contributed by atoms with E-state index in [-0.39, 0.29) is 18.1 Å². The maximum Gasteiger partial charge on any atom is 0.329 e. The maximum absolute atomic E-state index is 14.3. The summed E-state index contributed by atoms with van der Waals surface area (Å²) in [5, 5.41) is 2.82. The molecule has 2 aliphatic rings. The molecule has 0 saturated carbocycles. The number of nitrogens with zero attached hydrogens (tertiary/aromatic N) is 4. The number of urea groups is 1. The van der Waals surface area contributed by atoms with Crippen LogP contribution in [0, 0.1) is 12.7 Å². The number of amides is 3. The number of rotatable bonds is 6. The molecule has 9 heteroatoms. The van der Waals surface area contributed by atoms with E-state index >= 15 is 0 Å². The van der Waals surface area contributed by atoms with E-state index in [9.17, 15) is 14.0 Å². The van der Waals surface area contributed by atoms with Gasteiger partial charge < -0.3 is 4.57 Å². The van der Waals surface area contributed by atoms with E-state index in [1.807, 2.05) is 11.6 Å². The Hall–Kier alpha value is -4.01. The summed E-state index contributed by atoms with van der Waals surface area (Å²) >= 11 is 6.25. The first-order valence-corrected chi connectivity index (χ1v) is 13.6. The van der Waals surface area contributed by atoms with Gasteiger partial charge in [-0.3, -0.25) is 19.9 Å². The van der Waals surface area contributed by atoms with Crippen LogP contribution in [0.15, 0.2) is 60.8 Å². The van der Waals surface area contributed by atoms with E-state index < -0.39 is 6.03 Å². The number of fused-ring (bicyclic) bond motifs is 1. The van der Waals surface area contributed by atoms with E-state index in [0.29, 0.717) is 29.4 Å². The fraction of sp³-hybridized carbons (Fsp3) is 0.258. The van der Waals surface area contributed by atoms with Crippen LogP contribution in [0.1, 0.15) is 39.8 Å². The Morgan fingerprint density at radius 3 is 2.65 bits per heavy atom. The van der Waals surface area contributed by atoms with Gasteiger partial charge in [-0.15, -0.1) is 0 Å². The summed E-state index contributed by atoms with van der Waals surface area (Å²) in [5.74, 6) is 0.881. The maximum atomic E-state index is 14.3. The largest absolute Gasteiger partial charge is 0.329 e. The van der Waals surface area contributed by atoms with Crippen molar-refractivity contribution in [1.29, 1.82) is 0 Å². The molecule has 204 valence electrons. The minimum absolute atomic E-state index is 0.259. The first kappa shape index (κ1) is 26.2. The summed E-state index contributed by atoms with van der Waals surface area (Å²) in [6, 6.07) is 17.1. The normalized spacial score (nSPS) is 15.4. The Labute approximate surface area is 237 Å². The molecule has 0 atom stereocenters. The summed E-state index contributed by atoms with van der Waals surface area (Å²) in [7, 11) is 1.88. The van der Waals surface area contributed by atoms with Gasteiger partial charge in [-0.1, -0.05) is 48.0 Å². The second-order valence-corrected chi connectivity index (χ2v) is 10.9. The van der Waals surface area contributed by atoms with Crippen molar-refractivity contribution in [1.82, 2.24) is 19.8 Å². The fourth-order valence-electron chi connectivity index (χ4n) is 5.62. The zero-order valence-electron chi connectivity index (χ0n) is 22.4. The van der Waals surface area contributed by atoms with Crippen LogP contribution in [-0.2, 0) is 37.9 Å². The molecule has 0 aliphatic carbocycles. The molecule has 40 heavy (non-hydrogen) atoms. The molecular formula is C31H29ClFN5O2. The summed E-state index contributed by atoms with van der Waals surface area (Å²) in [6.07, 6.45) is 2.41. The third-order valence-corrected chi connectivity index (χ3v) is 8.14. The van der Waals surface area contributed by atoms with Gasteiger partial charge in [-0.05, 0) is 52.9 Å². The first-order valence-electron chi connectivity index (χ1n) is 13.3. The van der Waals surface area contributed by atoms with Crippen LogP contribution in [0.3, 0.4) is 0 Å². The van der Waals surface area contributed by atoms with Crippen LogP contribution in [0.2, 0.25) is 5.02 Å². The summed E-state index contributed by atoms with van der Waals surface area (Å²) in [4.78, 5) is 32.4. The third-order valence-electron chi connectivity index (χ3n) is 7.79. The highest BCUT2D eigenvalue weighted by Crippen LogP contribution is 2.31. The molecule has 0 radical (unpaired) electrons. The number of halogens is 2. The van der Waals surface area contributed by atoms with Gasteiger partial charge in [0.2, 0.25) is 5.91 Å². The van der Waals surface area contributed by atoms with Gasteiger partial charge in [0.25, 0.3) is 0 Å². The molecule has 1 aromatic heterocycles. The lowest BCUT2D eigenvalue weighted by atomic mass is 9.98. The number of benzene rings is 3. The standard InChI is InChI=1S/C31H29ClFN5O2/c1-19-12-20(6-7-21(19)14-25-26(32)4-3-5-27(25)33)16-37-17-23-9-8-22(13-24(23)18-37)30-34-15-29(36(30)2)38-11-10-28(39)35-31(38)40/h3-9,12-13,15H,10-11,14,16-18H2,1-2H3,(H,35,39,40). The van der Waals surface area contributed by atoms with Crippen LogP contribution in [0.25, 0.3) is 11.4 Å². The summed E-state index contributed by atoms with van der Waals surface area (Å²) in [5.41, 5.74) is 7.44. The molecule has 0 bridgehead atoms. The van der Waals surface area contributed by atoms with Crippen LogP contribution in [-0.4, -0.2) is 32.9 Å². The molecule has 0 spiro atoms. The number of nitrogens with one attached hydrogen (secondary N) is 1. The average molecular weight is 558 g/mol. The molecule has 3 heterocycles. The summed E-state index contributed by atoms with van der Waals surface area (Å²) < 4.78 is 16.2. The lowest BCUT2D eigenvalue weighted by Gasteiger charge is -2.26. The van der Waals surface area contributed by atoms with Crippen molar-refractivity contribution < 1.29 is 14.0 Å². The highest BCUT2D eigenvalue weighted by molar-refractivity contribution is 6.31. The van der Waals surface area contributed by atoms with Gasteiger partial charge >= 0.3 is 6.03 Å². The molecular weight excluding hydrogens is 529 g/mol. The van der Waals surface area contributed by atoms with Gasteiger partial charge in [0.15, 0.2) is 0 Å². The van der Waals surface area contributed by atoms with Gasteiger partial charge in [0.05, 0.1) is 6.20 Å². The number of hydrogen-bond acceptors (Lipinski definition) is 4. The minimum Gasteiger partial charge on any atom is -0.314 e. The molecule has 7 nitrogen and oxygen atoms in total. The number of aromatic nitrogens is 2. The lowest BCUT2D eigenvalue weighted by molar-refractivity contribution is -0.120. The molecule has 1 saturated heterocycles. The van der Waals surface area contributed by atoms with E-state index in [4.69, 9.17) is 11.6 Å². The minimum atomic E-state index is -0.422. The van der Waals surface area contributed by atoms with Gasteiger partial charge in [-0.25, -0.2) is 14.2 Å². The molecule has 6 rings (SSSR count). The average Bonchev–Trinajstić information content (AvgIpc) is 3.49. The first-order chi connectivity index (χ1) is 19.3. The Balaban J connectivity index is 1.15. The molecule has 4 aromatic rings. The molecule has 0 unspecified atom stereocenters. The van der Waals surface area contributed by atoms with Crippen molar-refractivity contribution in [2.24, 2.45) is 7.05 Å². The number of aryl methyl sites for hydroxylation is 1. The van der Waals surface area contributed by atoms with Crippen LogP contribution >= 0.6 is 11.6 Å². The van der Waals surface area contributed by atoms with E-state index in [2.05, 4.69) is 58.5 Å². The van der Waals surface area contributed by atoms with Crippen molar-refractivity contribution in [2.75, 3.05) is 11.4 Å².